The molecule has 2 heterocycles. The number of primary amides is 1. The van der Waals surface area contributed by atoms with Crippen molar-refractivity contribution in [2.24, 2.45) is 5.73 Å². The molecular formula is C22H23F4N3O5. The zero-order valence-electron chi connectivity index (χ0n) is 18.3. The second-order valence-corrected chi connectivity index (χ2v) is 8.02. The van der Waals surface area contributed by atoms with Crippen molar-refractivity contribution >= 4 is 17.5 Å². The van der Waals surface area contributed by atoms with Gasteiger partial charge in [0.2, 0.25) is 0 Å². The van der Waals surface area contributed by atoms with E-state index in [9.17, 15) is 27.2 Å². The van der Waals surface area contributed by atoms with Crippen molar-refractivity contribution in [1.82, 2.24) is 4.98 Å². The number of nitrogens with two attached hydrogens (primary N) is 1. The van der Waals surface area contributed by atoms with Crippen LogP contribution in [-0.4, -0.2) is 53.0 Å². The molecule has 0 bridgehead atoms. The first-order valence-electron chi connectivity index (χ1n) is 10.2. The lowest BCUT2D eigenvalue weighted by atomic mass is 9.85. The molecular weight excluding hydrogens is 462 g/mol. The predicted octanol–water partition coefficient (Wildman–Crippen LogP) is 2.83. The standard InChI is InChI=1S/C22H23F4N3O5/c1-11-15(23)4-3-13(17(11)33-8-7-30)14-10-21(2,22(24,25)26)34-18(14)20(32)29-12-5-6-28-16(9-12)19(27)31/h3-6,9,14,18,30H,7-8,10H2,1-2H3,(H2,27,31)(H,28,29,32)/t14-,18+,21+/m0/s1. The zero-order chi connectivity index (χ0) is 25.3. The molecule has 0 saturated carbocycles. The molecule has 3 rings (SSSR count). The lowest BCUT2D eigenvalue weighted by Crippen LogP contribution is -2.43. The van der Waals surface area contributed by atoms with E-state index in [2.05, 4.69) is 10.3 Å². The molecule has 184 valence electrons. The number of aliphatic hydroxyl groups excluding tert-OH is 1. The monoisotopic (exact) mass is 485 g/mol. The van der Waals surface area contributed by atoms with Crippen molar-refractivity contribution in [3.8, 4) is 5.75 Å². The van der Waals surface area contributed by atoms with E-state index >= 15 is 0 Å². The Morgan fingerprint density at radius 2 is 2.06 bits per heavy atom. The Balaban J connectivity index is 2.02. The number of aliphatic hydroxyl groups is 1. The van der Waals surface area contributed by atoms with Crippen molar-refractivity contribution in [2.75, 3.05) is 18.5 Å². The summed E-state index contributed by atoms with van der Waals surface area (Å²) in [7, 11) is 0. The third-order valence-electron chi connectivity index (χ3n) is 5.61. The number of hydrogen-bond acceptors (Lipinski definition) is 6. The van der Waals surface area contributed by atoms with Gasteiger partial charge in [0.25, 0.3) is 11.8 Å². The summed E-state index contributed by atoms with van der Waals surface area (Å²) in [5.74, 6) is -3.67. The van der Waals surface area contributed by atoms with Gasteiger partial charge >= 0.3 is 6.18 Å². The van der Waals surface area contributed by atoms with Gasteiger partial charge in [0, 0.05) is 28.9 Å². The van der Waals surface area contributed by atoms with Gasteiger partial charge in [-0.05, 0) is 38.5 Å². The minimum atomic E-state index is -4.81. The summed E-state index contributed by atoms with van der Waals surface area (Å²) in [5.41, 5.74) is 2.57. The summed E-state index contributed by atoms with van der Waals surface area (Å²) in [6.07, 6.45) is -5.89. The van der Waals surface area contributed by atoms with Gasteiger partial charge in [-0.2, -0.15) is 13.2 Å². The van der Waals surface area contributed by atoms with E-state index < -0.39 is 54.5 Å². The second-order valence-electron chi connectivity index (χ2n) is 8.02. The van der Waals surface area contributed by atoms with Gasteiger partial charge in [0.15, 0.2) is 5.60 Å². The van der Waals surface area contributed by atoms with Gasteiger partial charge in [-0.25, -0.2) is 4.39 Å². The molecule has 1 aromatic heterocycles. The Kier molecular flexibility index (Phi) is 7.13. The highest BCUT2D eigenvalue weighted by Gasteiger charge is 2.61. The van der Waals surface area contributed by atoms with Crippen LogP contribution in [0.25, 0.3) is 0 Å². The molecule has 3 atom stereocenters. The van der Waals surface area contributed by atoms with E-state index in [0.717, 1.165) is 13.0 Å². The van der Waals surface area contributed by atoms with Gasteiger partial charge in [-0.1, -0.05) is 6.07 Å². The number of nitrogens with one attached hydrogen (secondary N) is 1. The van der Waals surface area contributed by atoms with E-state index in [1.165, 1.54) is 31.3 Å². The fourth-order valence-corrected chi connectivity index (χ4v) is 3.81. The lowest BCUT2D eigenvalue weighted by Gasteiger charge is -2.27. The van der Waals surface area contributed by atoms with Crippen molar-refractivity contribution in [3.63, 3.8) is 0 Å². The normalized spacial score (nSPS) is 22.4. The average Bonchev–Trinajstić information content (AvgIpc) is 3.14. The van der Waals surface area contributed by atoms with E-state index in [1.807, 2.05) is 0 Å². The molecule has 12 heteroatoms. The number of carbonyl (C=O) groups excluding carboxylic acids is 2. The molecule has 1 saturated heterocycles. The van der Waals surface area contributed by atoms with Crippen LogP contribution >= 0.6 is 0 Å². The summed E-state index contributed by atoms with van der Waals surface area (Å²) in [4.78, 5) is 28.2. The van der Waals surface area contributed by atoms with Crippen LogP contribution in [-0.2, 0) is 9.53 Å². The molecule has 4 N–H and O–H groups in total. The number of anilines is 1. The van der Waals surface area contributed by atoms with Crippen LogP contribution in [0.3, 0.4) is 0 Å². The van der Waals surface area contributed by atoms with Crippen LogP contribution in [0.15, 0.2) is 30.5 Å². The van der Waals surface area contributed by atoms with E-state index in [-0.39, 0.29) is 34.9 Å². The van der Waals surface area contributed by atoms with E-state index in [1.54, 1.807) is 0 Å². The van der Waals surface area contributed by atoms with Gasteiger partial charge in [-0.3, -0.25) is 14.6 Å². The smallest absolute Gasteiger partial charge is 0.417 e. The third-order valence-corrected chi connectivity index (χ3v) is 5.61. The molecule has 2 aromatic rings. The van der Waals surface area contributed by atoms with E-state index in [0.29, 0.717) is 0 Å². The first kappa shape index (κ1) is 25.4. The first-order valence-corrected chi connectivity index (χ1v) is 10.2. The number of aromatic nitrogens is 1. The molecule has 34 heavy (non-hydrogen) atoms. The molecule has 1 aromatic carbocycles. The summed E-state index contributed by atoms with van der Waals surface area (Å²) in [6.45, 7) is 1.56. The third kappa shape index (κ3) is 4.97. The molecule has 1 aliphatic rings. The van der Waals surface area contributed by atoms with Gasteiger partial charge in [-0.15, -0.1) is 0 Å². The lowest BCUT2D eigenvalue weighted by molar-refractivity contribution is -0.261. The fraction of sp³-hybridized carbons (Fsp3) is 0.409. The van der Waals surface area contributed by atoms with Crippen LogP contribution in [0.2, 0.25) is 0 Å². The van der Waals surface area contributed by atoms with Crippen LogP contribution in [0.5, 0.6) is 5.75 Å². The predicted molar refractivity (Wildman–Crippen MR) is 112 cm³/mol. The summed E-state index contributed by atoms with van der Waals surface area (Å²) in [6, 6.07) is 4.81. The Morgan fingerprint density at radius 1 is 1.35 bits per heavy atom. The van der Waals surface area contributed by atoms with Crippen LogP contribution in [0.4, 0.5) is 23.2 Å². The van der Waals surface area contributed by atoms with Crippen molar-refractivity contribution in [3.05, 3.63) is 53.1 Å². The largest absolute Gasteiger partial charge is 0.491 e. The van der Waals surface area contributed by atoms with Crippen molar-refractivity contribution in [1.29, 1.82) is 0 Å². The number of hydrogen-bond donors (Lipinski definition) is 3. The number of benzene rings is 1. The highest BCUT2D eigenvalue weighted by atomic mass is 19.4. The number of carbonyl (C=O) groups is 2. The molecule has 0 unspecified atom stereocenters. The molecule has 0 spiro atoms. The maximum absolute atomic E-state index is 14.2. The quantitative estimate of drug-likeness (QED) is 0.519. The summed E-state index contributed by atoms with van der Waals surface area (Å²) < 4.78 is 66.4. The number of nitrogens with zero attached hydrogens (tertiary/aromatic N) is 1. The Morgan fingerprint density at radius 3 is 2.68 bits per heavy atom. The van der Waals surface area contributed by atoms with Crippen LogP contribution < -0.4 is 15.8 Å². The number of rotatable bonds is 7. The average molecular weight is 485 g/mol. The van der Waals surface area contributed by atoms with Gasteiger partial charge < -0.3 is 25.6 Å². The Bertz CT molecular complexity index is 1090. The first-order chi connectivity index (χ1) is 15.9. The molecule has 2 amide bonds. The highest BCUT2D eigenvalue weighted by molar-refractivity contribution is 5.97. The highest BCUT2D eigenvalue weighted by Crippen LogP contribution is 2.51. The SMILES string of the molecule is Cc1c(F)ccc([C@@H]2C[C@](C)(C(F)(F)F)O[C@H]2C(=O)Nc2ccnc(C(N)=O)c2)c1OCCO. The van der Waals surface area contributed by atoms with Gasteiger partial charge in [0.05, 0.1) is 6.61 Å². The topological polar surface area (TPSA) is 124 Å². The van der Waals surface area contributed by atoms with Crippen LogP contribution in [0, 0.1) is 12.7 Å². The van der Waals surface area contributed by atoms with Gasteiger partial charge in [0.1, 0.15) is 30.0 Å². The minimum Gasteiger partial charge on any atom is -0.491 e. The number of alkyl halides is 3. The summed E-state index contributed by atoms with van der Waals surface area (Å²) >= 11 is 0. The van der Waals surface area contributed by atoms with Crippen molar-refractivity contribution < 1.29 is 41.7 Å². The second kappa shape index (κ2) is 9.55. The molecule has 8 nitrogen and oxygen atoms in total. The van der Waals surface area contributed by atoms with Crippen LogP contribution in [0.1, 0.15) is 40.9 Å². The number of amides is 2. The molecule has 1 aliphatic heterocycles. The van der Waals surface area contributed by atoms with E-state index in [4.69, 9.17) is 20.3 Å². The maximum Gasteiger partial charge on any atom is 0.417 e. The minimum absolute atomic E-state index is 0.0194. The van der Waals surface area contributed by atoms with Crippen molar-refractivity contribution in [2.45, 2.75) is 44.1 Å². The molecule has 1 fully saturated rings. The number of pyridine rings is 1. The summed E-state index contributed by atoms with van der Waals surface area (Å²) in [5, 5.41) is 11.5. The number of ether oxygens (including phenoxy) is 2. The Labute approximate surface area is 192 Å². The zero-order valence-corrected chi connectivity index (χ0v) is 18.3. The molecule has 0 aliphatic carbocycles. The maximum atomic E-state index is 14.2. The fourth-order valence-electron chi connectivity index (χ4n) is 3.81. The molecule has 0 radical (unpaired) electrons. The number of halogens is 4. The Hall–Kier alpha value is -3.25.